The van der Waals surface area contributed by atoms with Crippen molar-refractivity contribution < 1.29 is 4.39 Å². The number of aromatic nitrogens is 1. The van der Waals surface area contributed by atoms with Gasteiger partial charge in [0.25, 0.3) is 0 Å². The van der Waals surface area contributed by atoms with Gasteiger partial charge in [-0.1, -0.05) is 15.9 Å². The predicted octanol–water partition coefficient (Wildman–Crippen LogP) is 3.18. The molecule has 0 fully saturated rings. The van der Waals surface area contributed by atoms with Crippen LogP contribution < -0.4 is 0 Å². The molecule has 0 saturated heterocycles. The Kier molecular flexibility index (Phi) is 2.36. The molecular formula is C10H9BrFN. The summed E-state index contributed by atoms with van der Waals surface area (Å²) in [6.45, 7) is 0.912. The van der Waals surface area contributed by atoms with Crippen LogP contribution in [0.2, 0.25) is 0 Å². The summed E-state index contributed by atoms with van der Waals surface area (Å²) in [7, 11) is 0. The number of hydrogen-bond acceptors (Lipinski definition) is 0. The summed E-state index contributed by atoms with van der Waals surface area (Å²) in [6.07, 6.45) is 1.98. The Morgan fingerprint density at radius 1 is 1.31 bits per heavy atom. The van der Waals surface area contributed by atoms with Crippen LogP contribution in [-0.4, -0.2) is 9.90 Å². The molecule has 1 aromatic heterocycles. The third-order valence-corrected chi connectivity index (χ3v) is 2.41. The molecule has 0 spiro atoms. The van der Waals surface area contributed by atoms with Gasteiger partial charge >= 0.3 is 0 Å². The molecule has 13 heavy (non-hydrogen) atoms. The molecule has 1 heterocycles. The topological polar surface area (TPSA) is 4.93 Å². The summed E-state index contributed by atoms with van der Waals surface area (Å²) in [5.41, 5.74) is 1.08. The van der Waals surface area contributed by atoms with E-state index in [1.165, 1.54) is 6.07 Å². The van der Waals surface area contributed by atoms with Gasteiger partial charge in [-0.3, -0.25) is 0 Å². The van der Waals surface area contributed by atoms with Crippen molar-refractivity contribution in [2.45, 2.75) is 6.54 Å². The zero-order chi connectivity index (χ0) is 9.26. The summed E-state index contributed by atoms with van der Waals surface area (Å²) in [4.78, 5) is 0. The van der Waals surface area contributed by atoms with Crippen LogP contribution in [0, 0.1) is 5.82 Å². The maximum absolute atomic E-state index is 12.8. The molecule has 2 aromatic rings. The van der Waals surface area contributed by atoms with Gasteiger partial charge in [-0.25, -0.2) is 4.39 Å². The second kappa shape index (κ2) is 3.50. The monoisotopic (exact) mass is 241 g/mol. The van der Waals surface area contributed by atoms with Crippen LogP contribution in [0.5, 0.6) is 0 Å². The van der Waals surface area contributed by atoms with Gasteiger partial charge in [-0.2, -0.15) is 0 Å². The van der Waals surface area contributed by atoms with Gasteiger partial charge in [0.05, 0.1) is 0 Å². The lowest BCUT2D eigenvalue weighted by Crippen LogP contribution is -1.95. The van der Waals surface area contributed by atoms with E-state index >= 15 is 0 Å². The van der Waals surface area contributed by atoms with Crippen molar-refractivity contribution in [2.75, 3.05) is 5.33 Å². The third-order valence-electron chi connectivity index (χ3n) is 2.06. The molecule has 0 bridgehead atoms. The van der Waals surface area contributed by atoms with E-state index in [1.807, 2.05) is 18.3 Å². The maximum Gasteiger partial charge on any atom is 0.123 e. The normalized spacial score (nSPS) is 10.9. The Hall–Kier alpha value is -0.830. The molecule has 0 aliphatic heterocycles. The minimum absolute atomic E-state index is 0.177. The Labute approximate surface area is 84.3 Å². The maximum atomic E-state index is 12.8. The fourth-order valence-electron chi connectivity index (χ4n) is 1.46. The molecule has 68 valence electrons. The number of nitrogens with zero attached hydrogens (tertiary/aromatic N) is 1. The van der Waals surface area contributed by atoms with Crippen LogP contribution in [0.25, 0.3) is 10.9 Å². The molecular weight excluding hydrogens is 233 g/mol. The first kappa shape index (κ1) is 8.75. The van der Waals surface area contributed by atoms with Crippen LogP contribution in [0.1, 0.15) is 0 Å². The van der Waals surface area contributed by atoms with Crippen molar-refractivity contribution in [2.24, 2.45) is 0 Å². The zero-order valence-corrected chi connectivity index (χ0v) is 8.59. The van der Waals surface area contributed by atoms with E-state index in [-0.39, 0.29) is 5.82 Å². The predicted molar refractivity (Wildman–Crippen MR) is 55.7 cm³/mol. The number of rotatable bonds is 2. The fourth-order valence-corrected chi connectivity index (χ4v) is 1.84. The first-order valence-electron chi connectivity index (χ1n) is 4.11. The van der Waals surface area contributed by atoms with E-state index in [9.17, 15) is 4.39 Å². The highest BCUT2D eigenvalue weighted by atomic mass is 79.9. The molecule has 1 nitrogen and oxygen atoms in total. The SMILES string of the molecule is Fc1ccc2c(ccn2CCBr)c1. The van der Waals surface area contributed by atoms with Gasteiger partial charge in [-0.05, 0) is 24.3 Å². The Bertz CT molecular complexity index is 422. The first-order valence-corrected chi connectivity index (χ1v) is 5.24. The number of hydrogen-bond donors (Lipinski definition) is 0. The van der Waals surface area contributed by atoms with Crippen molar-refractivity contribution >= 4 is 26.8 Å². The third kappa shape index (κ3) is 1.61. The molecule has 0 radical (unpaired) electrons. The van der Waals surface area contributed by atoms with Gasteiger partial charge in [0.1, 0.15) is 5.82 Å². The summed E-state index contributed by atoms with van der Waals surface area (Å²) >= 11 is 3.38. The highest BCUT2D eigenvalue weighted by molar-refractivity contribution is 9.09. The van der Waals surface area contributed by atoms with E-state index < -0.39 is 0 Å². The molecule has 1 aromatic carbocycles. The van der Waals surface area contributed by atoms with Gasteiger partial charge in [0.2, 0.25) is 0 Å². The van der Waals surface area contributed by atoms with Gasteiger partial charge in [0, 0.05) is 29.0 Å². The smallest absolute Gasteiger partial charge is 0.123 e. The molecule has 0 unspecified atom stereocenters. The lowest BCUT2D eigenvalue weighted by molar-refractivity contribution is 0.629. The van der Waals surface area contributed by atoms with Crippen molar-refractivity contribution in [3.05, 3.63) is 36.3 Å². The van der Waals surface area contributed by atoms with E-state index in [4.69, 9.17) is 0 Å². The molecule has 0 amide bonds. The molecule has 0 saturated carbocycles. The van der Waals surface area contributed by atoms with Gasteiger partial charge < -0.3 is 4.57 Å². The zero-order valence-electron chi connectivity index (χ0n) is 7.00. The number of fused-ring (bicyclic) bond motifs is 1. The highest BCUT2D eigenvalue weighted by Gasteiger charge is 2.00. The second-order valence-corrected chi connectivity index (χ2v) is 3.69. The number of alkyl halides is 1. The quantitative estimate of drug-likeness (QED) is 0.713. The van der Waals surface area contributed by atoms with E-state index in [0.717, 1.165) is 22.8 Å². The minimum Gasteiger partial charge on any atom is -0.347 e. The Morgan fingerprint density at radius 2 is 2.15 bits per heavy atom. The number of aryl methyl sites for hydroxylation is 1. The summed E-state index contributed by atoms with van der Waals surface area (Å²) < 4.78 is 14.9. The van der Waals surface area contributed by atoms with Crippen molar-refractivity contribution in [3.63, 3.8) is 0 Å². The van der Waals surface area contributed by atoms with Crippen molar-refractivity contribution in [1.82, 2.24) is 4.57 Å². The van der Waals surface area contributed by atoms with E-state index in [2.05, 4.69) is 20.5 Å². The summed E-state index contributed by atoms with van der Waals surface area (Å²) in [5.74, 6) is -0.177. The number of halogens is 2. The largest absolute Gasteiger partial charge is 0.347 e. The molecule has 3 heteroatoms. The minimum atomic E-state index is -0.177. The fraction of sp³-hybridized carbons (Fsp3) is 0.200. The van der Waals surface area contributed by atoms with Gasteiger partial charge in [0.15, 0.2) is 0 Å². The highest BCUT2D eigenvalue weighted by Crippen LogP contribution is 2.16. The Balaban J connectivity index is 2.55. The molecule has 2 rings (SSSR count). The van der Waals surface area contributed by atoms with Crippen LogP contribution in [0.4, 0.5) is 4.39 Å². The van der Waals surface area contributed by atoms with Gasteiger partial charge in [-0.15, -0.1) is 0 Å². The second-order valence-electron chi connectivity index (χ2n) is 2.90. The summed E-state index contributed by atoms with van der Waals surface area (Å²) in [6, 6.07) is 6.79. The number of benzene rings is 1. The van der Waals surface area contributed by atoms with E-state index in [1.54, 1.807) is 6.07 Å². The molecule has 0 atom stereocenters. The van der Waals surface area contributed by atoms with E-state index in [0.29, 0.717) is 0 Å². The lowest BCUT2D eigenvalue weighted by Gasteiger charge is -2.01. The summed E-state index contributed by atoms with van der Waals surface area (Å²) in [5, 5.41) is 1.87. The molecule has 0 aliphatic carbocycles. The van der Waals surface area contributed by atoms with Crippen LogP contribution in [0.3, 0.4) is 0 Å². The van der Waals surface area contributed by atoms with Crippen molar-refractivity contribution in [1.29, 1.82) is 0 Å². The van der Waals surface area contributed by atoms with Crippen LogP contribution in [-0.2, 0) is 6.54 Å². The van der Waals surface area contributed by atoms with Crippen LogP contribution in [0.15, 0.2) is 30.5 Å². The average Bonchev–Trinajstić information content (AvgIpc) is 2.49. The first-order chi connectivity index (χ1) is 6.31. The van der Waals surface area contributed by atoms with Crippen LogP contribution >= 0.6 is 15.9 Å². The average molecular weight is 242 g/mol. The standard InChI is InChI=1S/C10H9BrFN/c11-4-6-13-5-3-8-7-9(12)1-2-10(8)13/h1-3,5,7H,4,6H2. The lowest BCUT2D eigenvalue weighted by atomic mass is 10.2. The Morgan fingerprint density at radius 3 is 2.92 bits per heavy atom. The van der Waals surface area contributed by atoms with Crippen molar-refractivity contribution in [3.8, 4) is 0 Å². The molecule has 0 N–H and O–H groups in total. The molecule has 0 aliphatic rings.